The van der Waals surface area contributed by atoms with Gasteiger partial charge in [0, 0.05) is 105 Å². The molecule has 16 nitrogen and oxygen atoms in total. The van der Waals surface area contributed by atoms with Crippen LogP contribution in [0.5, 0.6) is 11.5 Å². The number of aliphatic hydroxyl groups excluding tert-OH is 3. The molecule has 67 heavy (non-hydrogen) atoms. The first-order valence-electron chi connectivity index (χ1n) is 23.2. The van der Waals surface area contributed by atoms with Crippen molar-refractivity contribution in [2.45, 2.75) is 105 Å². The summed E-state index contributed by atoms with van der Waals surface area (Å²) in [5, 5.41) is 49.8. The predicted octanol–water partition coefficient (Wildman–Crippen LogP) is 5.55. The number of carbonyl (C=O) groups is 2. The Morgan fingerprint density at radius 2 is 1.66 bits per heavy atom. The number of fused-ring (bicyclic) bond motifs is 5. The molecule has 0 saturated carbocycles. The number of aromatic hydroxyl groups is 1. The zero-order valence-corrected chi connectivity index (χ0v) is 40.0. The van der Waals surface area contributed by atoms with Crippen molar-refractivity contribution in [1.29, 1.82) is 0 Å². The van der Waals surface area contributed by atoms with Gasteiger partial charge in [-0.3, -0.25) is 24.1 Å². The summed E-state index contributed by atoms with van der Waals surface area (Å²) in [6.07, 6.45) is 5.63. The van der Waals surface area contributed by atoms with Gasteiger partial charge in [0.1, 0.15) is 34.6 Å². The van der Waals surface area contributed by atoms with E-state index < -0.39 is 82.2 Å². The van der Waals surface area contributed by atoms with Crippen LogP contribution < -0.4 is 31.0 Å². The summed E-state index contributed by atoms with van der Waals surface area (Å²) in [5.41, 5.74) is -2.46. The number of carbonyl (C=O) groups excluding carboxylic acids is 2. The van der Waals surface area contributed by atoms with Crippen LogP contribution in [0.15, 0.2) is 62.1 Å². The Balaban J connectivity index is 1.46. The Hall–Kier alpha value is -5.81. The number of rotatable bonds is 5. The van der Waals surface area contributed by atoms with Crippen LogP contribution in [0.1, 0.15) is 73.8 Å². The number of piperazine rings is 1. The molecular weight excluding hydrogens is 861 g/mol. The second kappa shape index (κ2) is 19.4. The number of esters is 1. The molecule has 3 aromatic carbocycles. The van der Waals surface area contributed by atoms with Crippen molar-refractivity contribution in [1.82, 2.24) is 9.88 Å². The molecule has 16 heteroatoms. The van der Waals surface area contributed by atoms with E-state index in [1.54, 1.807) is 65.0 Å². The highest BCUT2D eigenvalue weighted by Crippen LogP contribution is 2.43. The number of aromatic nitrogens is 1. The average Bonchev–Trinajstić information content (AvgIpc) is 3.56. The summed E-state index contributed by atoms with van der Waals surface area (Å²) in [7, 11) is 1.50. The monoisotopic (exact) mass is 924 g/mol. The number of amides is 1. The maximum Gasteiger partial charge on any atom is 0.302 e. The first-order chi connectivity index (χ1) is 31.7. The van der Waals surface area contributed by atoms with Crippen molar-refractivity contribution in [3.05, 3.63) is 79.3 Å². The smallest absolute Gasteiger partial charge is 0.302 e. The van der Waals surface area contributed by atoms with Crippen LogP contribution in [0.4, 0.5) is 11.4 Å². The van der Waals surface area contributed by atoms with Gasteiger partial charge in [-0.25, -0.2) is 4.98 Å². The van der Waals surface area contributed by atoms with Gasteiger partial charge in [0.25, 0.3) is 5.91 Å². The van der Waals surface area contributed by atoms with Crippen LogP contribution in [-0.4, -0.2) is 112 Å². The molecule has 1 aromatic heterocycles. The molecule has 1 amide bonds. The Morgan fingerprint density at radius 1 is 0.955 bits per heavy atom. The molecule has 1 fully saturated rings. The minimum absolute atomic E-state index is 0.0333. The first-order valence-corrected chi connectivity index (χ1v) is 23.2. The molecule has 9 atom stereocenters. The summed E-state index contributed by atoms with van der Waals surface area (Å²) in [6.45, 7) is 19.1. The second-order valence-electron chi connectivity index (χ2n) is 18.8. The van der Waals surface area contributed by atoms with Crippen LogP contribution >= 0.6 is 0 Å². The second-order valence-corrected chi connectivity index (χ2v) is 18.8. The zero-order valence-electron chi connectivity index (χ0n) is 40.0. The summed E-state index contributed by atoms with van der Waals surface area (Å²) in [6, 6.07) is 3.19. The van der Waals surface area contributed by atoms with E-state index in [4.69, 9.17) is 23.6 Å². The van der Waals surface area contributed by atoms with Gasteiger partial charge in [-0.1, -0.05) is 65.0 Å². The number of ether oxygens (including phenoxy) is 3. The maximum absolute atomic E-state index is 14.9. The molecule has 9 unspecified atom stereocenters. The van der Waals surface area contributed by atoms with Crippen LogP contribution in [0, 0.1) is 30.6 Å². The third-order valence-corrected chi connectivity index (χ3v) is 14.1. The van der Waals surface area contributed by atoms with Crippen molar-refractivity contribution in [2.75, 3.05) is 50.1 Å². The van der Waals surface area contributed by atoms with Crippen molar-refractivity contribution in [3.8, 4) is 11.5 Å². The predicted molar refractivity (Wildman–Crippen MR) is 257 cm³/mol. The van der Waals surface area contributed by atoms with E-state index in [0.29, 0.717) is 18.8 Å². The van der Waals surface area contributed by atoms with E-state index in [1.807, 2.05) is 6.92 Å². The summed E-state index contributed by atoms with van der Waals surface area (Å²) >= 11 is 0. The molecule has 5 N–H and O–H groups in total. The number of aliphatic hydroxyl groups is 3. The molecular formula is C51H64N4O12. The van der Waals surface area contributed by atoms with Crippen molar-refractivity contribution in [3.63, 3.8) is 0 Å². The maximum atomic E-state index is 14.9. The lowest BCUT2D eigenvalue weighted by Crippen LogP contribution is -2.46. The van der Waals surface area contributed by atoms with Crippen molar-refractivity contribution in [2.24, 2.45) is 23.7 Å². The Kier molecular flexibility index (Phi) is 14.2. The molecule has 4 heterocycles. The molecule has 0 radical (unpaired) electrons. The molecule has 0 aliphatic carbocycles. The number of anilines is 2. The van der Waals surface area contributed by atoms with Crippen LogP contribution in [0.25, 0.3) is 38.7 Å². The molecule has 4 aromatic rings. The van der Waals surface area contributed by atoms with Gasteiger partial charge in [-0.2, -0.15) is 0 Å². The topological polar surface area (TPSA) is 221 Å². The van der Waals surface area contributed by atoms with Gasteiger partial charge in [-0.05, 0) is 33.7 Å². The number of nitrogens with one attached hydrogen (secondary N) is 1. The number of nitrogens with zero attached hydrogens (tertiary/aromatic N) is 3. The third kappa shape index (κ3) is 9.16. The zero-order chi connectivity index (χ0) is 48.8. The van der Waals surface area contributed by atoms with Gasteiger partial charge in [0.05, 0.1) is 28.9 Å². The average molecular weight is 925 g/mol. The van der Waals surface area contributed by atoms with E-state index in [0.717, 1.165) is 26.1 Å². The number of hydrogen-bond donors (Lipinski definition) is 5. The standard InChI is InChI=1S/C51H64N4O12/c1-11-18-54-19-21-55(22-20-54)32-23-33(57)39-35(24-32)66-48-40(52-39)36-37-44(60)30(7)47-38(36)49(62)51(9,67-47)17-13-16-34(64-10)27(4)46(65-31(8)56)29(6)43(59)28(5)42(58)25(2)14-12-15-26(3)50(63)53-41(48)45(37)61/h12-16,23-25,27-29,34,42-43,46,58-60,62H,11,17-22H2,1-10H3,(H,53,63)/b14-12+,16-13+,26-15-. The summed E-state index contributed by atoms with van der Waals surface area (Å²) in [5.74, 6) is -4.32. The molecule has 3 aliphatic rings. The fraction of sp³-hybridized carbons (Fsp3) is 0.510. The normalized spacial score (nSPS) is 29.8. The van der Waals surface area contributed by atoms with E-state index >= 15 is 0 Å². The highest BCUT2D eigenvalue weighted by Gasteiger charge is 2.42. The SMILES string of the molecule is CCCN1CCN(c2cc(=O)c3nc4c(oc3c2)c2c(=O)c3c(O)c(C)c5c(c34)=C(O)C(C)(C/C=C/C(OC)C(C)C(OC(C)=O)C(C)C(O)C(C)C(O)C(C)/C=C/C=C(/C)C(=O)N2)O5)CC1. The van der Waals surface area contributed by atoms with Crippen molar-refractivity contribution >= 4 is 62.0 Å². The summed E-state index contributed by atoms with van der Waals surface area (Å²) < 4.78 is 24.8. The Bertz CT molecular complexity index is 2860. The number of phenols is 1. The summed E-state index contributed by atoms with van der Waals surface area (Å²) in [4.78, 5) is 64.7. The fourth-order valence-electron chi connectivity index (χ4n) is 9.91. The molecule has 0 spiro atoms. The number of benzene rings is 3. The van der Waals surface area contributed by atoms with Gasteiger partial charge in [0.15, 0.2) is 22.3 Å². The molecule has 7 rings (SSSR count). The van der Waals surface area contributed by atoms with Crippen molar-refractivity contribution < 1.29 is 48.6 Å². The van der Waals surface area contributed by atoms with E-state index in [9.17, 15) is 39.6 Å². The molecule has 3 aliphatic heterocycles. The highest BCUT2D eigenvalue weighted by atomic mass is 16.5. The Labute approximate surface area is 389 Å². The van der Waals surface area contributed by atoms with E-state index in [1.165, 1.54) is 33.1 Å². The highest BCUT2D eigenvalue weighted by molar-refractivity contribution is 6.17. The third-order valence-electron chi connectivity index (χ3n) is 14.1. The lowest BCUT2D eigenvalue weighted by molar-refractivity contribution is -0.160. The number of methoxy groups -OCH3 is 1. The number of allylic oxidation sites excluding steroid dienone is 2. The van der Waals surface area contributed by atoms with Gasteiger partial charge in [-0.15, -0.1) is 0 Å². The lowest BCUT2D eigenvalue weighted by Gasteiger charge is -2.38. The van der Waals surface area contributed by atoms with E-state index in [2.05, 4.69) is 22.0 Å². The molecule has 5 bridgehead atoms. The molecule has 360 valence electrons. The fourth-order valence-corrected chi connectivity index (χ4v) is 9.91. The minimum atomic E-state index is -1.48. The molecule has 1 saturated heterocycles. The largest absolute Gasteiger partial charge is 0.507 e. The van der Waals surface area contributed by atoms with Crippen LogP contribution in [0.2, 0.25) is 0 Å². The number of phenolic OH excluding ortho intramolecular Hbond substituents is 1. The first kappa shape index (κ1) is 49.1. The van der Waals surface area contributed by atoms with Crippen LogP contribution in [-0.2, 0) is 19.1 Å². The quantitative estimate of drug-likeness (QED) is 0.0717. The van der Waals surface area contributed by atoms with Crippen LogP contribution in [0.3, 0.4) is 0 Å². The van der Waals surface area contributed by atoms with Gasteiger partial charge >= 0.3 is 5.97 Å². The lowest BCUT2D eigenvalue weighted by atomic mass is 9.78. The van der Waals surface area contributed by atoms with E-state index in [-0.39, 0.29) is 72.9 Å². The van der Waals surface area contributed by atoms with Gasteiger partial charge < -0.3 is 49.3 Å². The number of hydrogen-bond acceptors (Lipinski definition) is 15. The Morgan fingerprint density at radius 3 is 2.31 bits per heavy atom. The minimum Gasteiger partial charge on any atom is -0.507 e. The van der Waals surface area contributed by atoms with Gasteiger partial charge in [0.2, 0.25) is 10.9 Å².